The molecule has 3 aliphatic carbocycles. The standard InChI is InChI=1S/C24H25NO/c26-23-9-5-7-21-20(23)16-18(24(21)13-2-1-3-14-24)11-10-17-6-4-8-22-19(17)12-15-25-22/h4-9,12,15-16,18,25H,1-3,10-11,13-14H2. The van der Waals surface area contributed by atoms with Crippen molar-refractivity contribution in [3.8, 4) is 0 Å². The number of fused-ring (bicyclic) bond motifs is 3. The fourth-order valence-corrected chi connectivity index (χ4v) is 5.57. The first kappa shape index (κ1) is 15.9. The molecule has 2 heteroatoms. The van der Waals surface area contributed by atoms with E-state index in [1.165, 1.54) is 54.1 Å². The van der Waals surface area contributed by atoms with E-state index in [-0.39, 0.29) is 11.2 Å². The number of ketones is 1. The van der Waals surface area contributed by atoms with E-state index in [9.17, 15) is 4.79 Å². The quantitative estimate of drug-likeness (QED) is 0.765. The fourth-order valence-electron chi connectivity index (χ4n) is 5.57. The Morgan fingerprint density at radius 1 is 1.12 bits per heavy atom. The molecule has 0 amide bonds. The molecule has 1 unspecified atom stereocenters. The molecule has 1 aromatic heterocycles. The van der Waals surface area contributed by atoms with Gasteiger partial charge in [-0.2, -0.15) is 0 Å². The van der Waals surface area contributed by atoms with Crippen LogP contribution in [0, 0.1) is 11.3 Å². The Hall–Kier alpha value is -2.35. The van der Waals surface area contributed by atoms with Crippen molar-refractivity contribution >= 4 is 16.7 Å². The van der Waals surface area contributed by atoms with Crippen molar-refractivity contribution in [3.63, 3.8) is 0 Å². The lowest BCUT2D eigenvalue weighted by Gasteiger charge is -2.41. The molecule has 0 aliphatic heterocycles. The van der Waals surface area contributed by atoms with Crippen LogP contribution in [0.25, 0.3) is 10.9 Å². The van der Waals surface area contributed by atoms with Crippen molar-refractivity contribution < 1.29 is 4.79 Å². The largest absolute Gasteiger partial charge is 0.361 e. The molecule has 3 aliphatic rings. The minimum atomic E-state index is 0.208. The summed E-state index contributed by atoms with van der Waals surface area (Å²) in [7, 11) is 0. The van der Waals surface area contributed by atoms with Crippen LogP contribution in [0.3, 0.4) is 0 Å². The number of carbonyl (C=O) groups excluding carboxylic acids is 1. The SMILES string of the molecule is O=C1C=CC=C2C1=CC(CCc1cccc3[nH]ccc13)C21CCCCC1. The van der Waals surface area contributed by atoms with Crippen LogP contribution >= 0.6 is 0 Å². The summed E-state index contributed by atoms with van der Waals surface area (Å²) in [5, 5.41) is 1.34. The average molecular weight is 343 g/mol. The summed E-state index contributed by atoms with van der Waals surface area (Å²) in [5.74, 6) is 0.699. The fraction of sp³-hybridized carbons (Fsp3) is 0.375. The minimum absolute atomic E-state index is 0.208. The Bertz CT molecular complexity index is 950. The molecule has 5 rings (SSSR count). The summed E-state index contributed by atoms with van der Waals surface area (Å²) >= 11 is 0. The maximum Gasteiger partial charge on any atom is 0.185 e. The van der Waals surface area contributed by atoms with E-state index in [1.807, 2.05) is 12.3 Å². The summed E-state index contributed by atoms with van der Waals surface area (Å²) in [6.45, 7) is 0. The first-order valence-corrected chi connectivity index (χ1v) is 9.98. The van der Waals surface area contributed by atoms with Gasteiger partial charge in [-0.25, -0.2) is 0 Å². The molecule has 0 bridgehead atoms. The Kier molecular flexibility index (Phi) is 3.74. The Labute approximate surface area is 154 Å². The first-order valence-electron chi connectivity index (χ1n) is 9.98. The monoisotopic (exact) mass is 343 g/mol. The second-order valence-corrected chi connectivity index (χ2v) is 8.10. The molecular formula is C24H25NO. The molecule has 132 valence electrons. The Balaban J connectivity index is 1.47. The van der Waals surface area contributed by atoms with Crippen LogP contribution < -0.4 is 0 Å². The molecule has 1 aromatic carbocycles. The van der Waals surface area contributed by atoms with Crippen LogP contribution in [-0.2, 0) is 11.2 Å². The van der Waals surface area contributed by atoms with E-state index >= 15 is 0 Å². The summed E-state index contributed by atoms with van der Waals surface area (Å²) in [6, 6.07) is 8.73. The molecule has 0 radical (unpaired) electrons. The number of carbonyl (C=O) groups is 1. The van der Waals surface area contributed by atoms with Crippen LogP contribution in [0.15, 0.2) is 65.9 Å². The van der Waals surface area contributed by atoms with Gasteiger partial charge in [0.25, 0.3) is 0 Å². The van der Waals surface area contributed by atoms with Gasteiger partial charge in [0.1, 0.15) is 0 Å². The summed E-state index contributed by atoms with van der Waals surface area (Å²) in [4.78, 5) is 15.8. The lowest BCUT2D eigenvalue weighted by Crippen LogP contribution is -2.32. The molecule has 1 heterocycles. The van der Waals surface area contributed by atoms with Crippen molar-refractivity contribution in [2.45, 2.75) is 44.9 Å². The van der Waals surface area contributed by atoms with Crippen molar-refractivity contribution in [2.24, 2.45) is 11.3 Å². The molecule has 0 saturated heterocycles. The molecule has 1 N–H and O–H groups in total. The van der Waals surface area contributed by atoms with Crippen LogP contribution in [0.4, 0.5) is 0 Å². The number of rotatable bonds is 3. The second-order valence-electron chi connectivity index (χ2n) is 8.10. The maximum absolute atomic E-state index is 12.5. The molecule has 26 heavy (non-hydrogen) atoms. The van der Waals surface area contributed by atoms with Crippen LogP contribution in [0.2, 0.25) is 0 Å². The Morgan fingerprint density at radius 3 is 2.88 bits per heavy atom. The van der Waals surface area contributed by atoms with Gasteiger partial charge in [-0.15, -0.1) is 0 Å². The summed E-state index contributed by atoms with van der Waals surface area (Å²) < 4.78 is 0. The van der Waals surface area contributed by atoms with Crippen LogP contribution in [0.5, 0.6) is 0 Å². The lowest BCUT2D eigenvalue weighted by molar-refractivity contribution is -0.111. The van der Waals surface area contributed by atoms with Crippen molar-refractivity contribution in [2.75, 3.05) is 0 Å². The van der Waals surface area contributed by atoms with Crippen molar-refractivity contribution in [1.29, 1.82) is 0 Å². The van der Waals surface area contributed by atoms with Crippen LogP contribution in [-0.4, -0.2) is 10.8 Å². The number of hydrogen-bond acceptors (Lipinski definition) is 1. The van der Waals surface area contributed by atoms with Gasteiger partial charge in [0.15, 0.2) is 5.78 Å². The van der Waals surface area contributed by atoms with Gasteiger partial charge in [0, 0.05) is 28.1 Å². The van der Waals surface area contributed by atoms with E-state index in [4.69, 9.17) is 0 Å². The third kappa shape index (κ3) is 2.35. The Morgan fingerprint density at radius 2 is 2.00 bits per heavy atom. The predicted octanol–water partition coefficient (Wildman–Crippen LogP) is 5.67. The molecule has 1 atom stereocenters. The van der Waals surface area contributed by atoms with E-state index in [0.29, 0.717) is 5.92 Å². The van der Waals surface area contributed by atoms with Gasteiger partial charge in [0.2, 0.25) is 0 Å². The number of benzene rings is 1. The lowest BCUT2D eigenvalue weighted by atomic mass is 9.62. The normalized spacial score (nSPS) is 24.0. The number of allylic oxidation sites excluding steroid dienone is 6. The highest BCUT2D eigenvalue weighted by Gasteiger charge is 2.48. The maximum atomic E-state index is 12.5. The van der Waals surface area contributed by atoms with E-state index in [1.54, 1.807) is 6.08 Å². The zero-order valence-corrected chi connectivity index (χ0v) is 15.1. The predicted molar refractivity (Wildman–Crippen MR) is 106 cm³/mol. The third-order valence-electron chi connectivity index (χ3n) is 6.84. The van der Waals surface area contributed by atoms with Crippen LogP contribution in [0.1, 0.15) is 44.1 Å². The molecule has 2 nitrogen and oxygen atoms in total. The smallest absolute Gasteiger partial charge is 0.185 e. The van der Waals surface area contributed by atoms with Gasteiger partial charge in [0.05, 0.1) is 0 Å². The van der Waals surface area contributed by atoms with Gasteiger partial charge in [-0.3, -0.25) is 4.79 Å². The zero-order valence-electron chi connectivity index (χ0n) is 15.1. The molecule has 1 fully saturated rings. The zero-order chi connectivity index (χ0) is 17.6. The summed E-state index contributed by atoms with van der Waals surface area (Å²) in [6.07, 6.45) is 18.9. The number of aromatic amines is 1. The van der Waals surface area contributed by atoms with Gasteiger partial charge < -0.3 is 4.98 Å². The molecular weight excluding hydrogens is 318 g/mol. The van der Waals surface area contributed by atoms with E-state index < -0.39 is 0 Å². The average Bonchev–Trinajstić information content (AvgIpc) is 3.26. The number of hydrogen-bond donors (Lipinski definition) is 1. The highest BCUT2D eigenvalue weighted by atomic mass is 16.1. The number of H-pyrrole nitrogens is 1. The van der Waals surface area contributed by atoms with Gasteiger partial charge in [-0.05, 0) is 60.9 Å². The number of nitrogens with one attached hydrogen (secondary N) is 1. The molecule has 1 spiro atoms. The highest BCUT2D eigenvalue weighted by molar-refractivity contribution is 6.09. The first-order chi connectivity index (χ1) is 12.8. The highest BCUT2D eigenvalue weighted by Crippen LogP contribution is 2.57. The summed E-state index contributed by atoms with van der Waals surface area (Å²) in [5.41, 5.74) is 5.19. The van der Waals surface area contributed by atoms with Crippen molar-refractivity contribution in [3.05, 3.63) is 71.5 Å². The number of aryl methyl sites for hydroxylation is 1. The second kappa shape index (κ2) is 6.12. The molecule has 2 aromatic rings. The topological polar surface area (TPSA) is 32.9 Å². The minimum Gasteiger partial charge on any atom is -0.361 e. The van der Waals surface area contributed by atoms with Crippen molar-refractivity contribution in [1.82, 2.24) is 4.98 Å². The van der Waals surface area contributed by atoms with E-state index in [2.05, 4.69) is 41.4 Å². The third-order valence-corrected chi connectivity index (χ3v) is 6.84. The van der Waals surface area contributed by atoms with E-state index in [0.717, 1.165) is 18.4 Å². The van der Waals surface area contributed by atoms with Gasteiger partial charge >= 0.3 is 0 Å². The number of aromatic nitrogens is 1. The van der Waals surface area contributed by atoms with Gasteiger partial charge in [-0.1, -0.05) is 49.6 Å². The molecule has 1 saturated carbocycles.